The minimum absolute atomic E-state index is 0.0672. The number of amides is 3. The lowest BCUT2D eigenvalue weighted by Gasteiger charge is -2.36. The summed E-state index contributed by atoms with van der Waals surface area (Å²) in [4.78, 5) is 78.5. The fraction of sp³-hybridized carbons (Fsp3) is 0.526. The molecule has 2 bridgehead atoms. The van der Waals surface area contributed by atoms with E-state index in [1.165, 1.54) is 32.1 Å². The van der Waals surface area contributed by atoms with Crippen molar-refractivity contribution < 1.29 is 53.2 Å². The van der Waals surface area contributed by atoms with E-state index in [1.807, 2.05) is 0 Å². The van der Waals surface area contributed by atoms with Crippen LogP contribution in [0.1, 0.15) is 78.3 Å². The van der Waals surface area contributed by atoms with Gasteiger partial charge in [-0.15, -0.1) is 0 Å². The first-order valence-corrected chi connectivity index (χ1v) is 17.7. The number of hydrogen-bond acceptors (Lipinski definition) is 11. The number of esters is 1. The quantitative estimate of drug-likeness (QED) is 0.136. The molecule has 8 atom stereocenters. The van der Waals surface area contributed by atoms with Crippen molar-refractivity contribution >= 4 is 35.8 Å². The van der Waals surface area contributed by atoms with Gasteiger partial charge in [-0.3, -0.25) is 29.0 Å². The molecule has 14 nitrogen and oxygen atoms in total. The molecule has 1 aromatic rings. The maximum atomic E-state index is 14.6. The number of phenols is 1. The molecule has 6 N–H and O–H groups in total. The number of aliphatic hydroxyl groups excluding tert-OH is 2. The number of hydrogen-bond donors (Lipinski definition) is 6. The van der Waals surface area contributed by atoms with E-state index in [0.29, 0.717) is 18.3 Å². The molecule has 3 amide bonds. The second-order valence-corrected chi connectivity index (χ2v) is 13.9. The molecular weight excluding hydrogens is 691 g/mol. The number of halogens is 1. The van der Waals surface area contributed by atoms with E-state index < -0.39 is 89.4 Å². The number of fused-ring (bicyclic) bond motifs is 2. The number of phenolic OH excluding ortho intramolecular Hbond substituents is 1. The van der Waals surface area contributed by atoms with Crippen LogP contribution in [-0.2, 0) is 33.5 Å². The van der Waals surface area contributed by atoms with E-state index in [4.69, 9.17) is 4.74 Å². The highest BCUT2D eigenvalue weighted by molar-refractivity contribution is 5.93. The topological polar surface area (TPSA) is 212 Å². The second-order valence-electron chi connectivity index (χ2n) is 13.9. The Morgan fingerprint density at radius 2 is 1.79 bits per heavy atom. The monoisotopic (exact) mass is 742 g/mol. The molecule has 1 aromatic carbocycles. The Kier molecular flexibility index (Phi) is 16.0. The van der Waals surface area contributed by atoms with E-state index in [0.717, 1.165) is 23.2 Å². The van der Waals surface area contributed by atoms with Crippen LogP contribution < -0.4 is 16.1 Å². The minimum atomic E-state index is -1.61. The summed E-state index contributed by atoms with van der Waals surface area (Å²) in [5, 5.41) is 38.8. The number of aldehydes is 1. The fourth-order valence-corrected chi connectivity index (χ4v) is 6.13. The molecule has 2 aliphatic rings. The van der Waals surface area contributed by atoms with Crippen molar-refractivity contribution in [2.24, 2.45) is 17.8 Å². The van der Waals surface area contributed by atoms with Crippen molar-refractivity contribution in [1.82, 2.24) is 21.1 Å². The first-order valence-electron chi connectivity index (χ1n) is 17.7. The number of nitrogens with zero attached hydrogens (tertiary/aromatic N) is 1. The van der Waals surface area contributed by atoms with Crippen LogP contribution in [0.5, 0.6) is 5.75 Å². The van der Waals surface area contributed by atoms with Crippen molar-refractivity contribution in [2.45, 2.75) is 103 Å². The fourth-order valence-electron chi connectivity index (χ4n) is 6.13. The van der Waals surface area contributed by atoms with Gasteiger partial charge in [-0.1, -0.05) is 45.1 Å². The molecule has 0 aromatic heterocycles. The van der Waals surface area contributed by atoms with Gasteiger partial charge in [0.15, 0.2) is 0 Å². The summed E-state index contributed by atoms with van der Waals surface area (Å²) in [6.45, 7) is 7.82. The van der Waals surface area contributed by atoms with Gasteiger partial charge in [-0.2, -0.15) is 0 Å². The number of Topliss-reactive ketones (excluding diaryl/α,β-unsaturated/α-hetero) is 1. The van der Waals surface area contributed by atoms with Gasteiger partial charge < -0.3 is 35.5 Å². The summed E-state index contributed by atoms with van der Waals surface area (Å²) >= 11 is 0. The van der Waals surface area contributed by atoms with E-state index >= 15 is 0 Å². The van der Waals surface area contributed by atoms with E-state index in [1.54, 1.807) is 32.9 Å². The van der Waals surface area contributed by atoms with Crippen molar-refractivity contribution in [3.8, 4) is 5.75 Å². The lowest BCUT2D eigenvalue weighted by Crippen LogP contribution is -2.59. The first-order chi connectivity index (χ1) is 25.0. The average molecular weight is 743 g/mol. The van der Waals surface area contributed by atoms with Gasteiger partial charge in [0.1, 0.15) is 47.9 Å². The summed E-state index contributed by atoms with van der Waals surface area (Å²) in [6.07, 6.45) is 4.97. The Morgan fingerprint density at radius 1 is 1.08 bits per heavy atom. The summed E-state index contributed by atoms with van der Waals surface area (Å²) in [5.74, 6) is -7.53. The molecule has 2 aliphatic heterocycles. The molecule has 0 aliphatic carbocycles. The summed E-state index contributed by atoms with van der Waals surface area (Å²) in [5.41, 5.74) is 3.16. The van der Waals surface area contributed by atoms with Crippen LogP contribution in [0, 0.1) is 23.6 Å². The number of nitrogens with one attached hydrogen (secondary N) is 3. The molecule has 15 heteroatoms. The van der Waals surface area contributed by atoms with E-state index in [-0.39, 0.29) is 43.6 Å². The summed E-state index contributed by atoms with van der Waals surface area (Å²) < 4.78 is 20.3. The van der Waals surface area contributed by atoms with Gasteiger partial charge in [0.2, 0.25) is 11.8 Å². The number of carbonyl (C=O) groups excluding carboxylic acids is 6. The molecule has 1 fully saturated rings. The van der Waals surface area contributed by atoms with Gasteiger partial charge in [-0.25, -0.2) is 9.82 Å². The number of ketones is 1. The lowest BCUT2D eigenvalue weighted by atomic mass is 9.84. The number of aromatic hydroxyl groups is 1. The molecule has 0 radical (unpaired) electrons. The Hall–Kier alpha value is -4.73. The standard InChI is InChI=1S/C38H51FN4O10/c1-21(2)32-36(50)41-33(25-18-26(39)20-27(46)19-25)37(51)43-16-9-10-29(42-43)38(52)53-31(22(3)15-17-44)12-8-6-7-11-30(47)24(5)34(48)28(35(49)40-32)14-13-23(4)45/h6-8,11,15,17-21,24,28-34,42,46-48H,9-10,12-14,16H2,1-5H3,(H,40,49)(H,41,50)/b8-6+,11-7+,22-15+/t24-,28+,29?,30-,31-,32-,33?,34+/m0/s1. The minimum Gasteiger partial charge on any atom is -0.508 e. The number of carbonyl (C=O) groups is 6. The van der Waals surface area contributed by atoms with Gasteiger partial charge in [0, 0.05) is 31.4 Å². The van der Waals surface area contributed by atoms with Crippen molar-refractivity contribution in [3.63, 3.8) is 0 Å². The maximum Gasteiger partial charge on any atom is 0.325 e. The highest BCUT2D eigenvalue weighted by atomic mass is 19.1. The molecule has 53 heavy (non-hydrogen) atoms. The van der Waals surface area contributed by atoms with Crippen molar-refractivity contribution in [3.05, 3.63) is 65.5 Å². The number of ether oxygens (including phenoxy) is 1. The number of hydrazine groups is 1. The number of cyclic esters (lactones) is 1. The number of benzene rings is 1. The Bertz CT molecular complexity index is 1570. The molecular formula is C38H51FN4O10. The van der Waals surface area contributed by atoms with Gasteiger partial charge in [-0.05, 0) is 68.4 Å². The van der Waals surface area contributed by atoms with Crippen LogP contribution in [-0.4, -0.2) is 93.0 Å². The van der Waals surface area contributed by atoms with Gasteiger partial charge in [0.05, 0.1) is 18.1 Å². The molecule has 290 valence electrons. The predicted octanol–water partition coefficient (Wildman–Crippen LogP) is 2.24. The number of aliphatic hydroxyl groups is 2. The molecule has 0 saturated carbocycles. The summed E-state index contributed by atoms with van der Waals surface area (Å²) in [7, 11) is 0. The Labute approximate surface area is 308 Å². The van der Waals surface area contributed by atoms with Crippen LogP contribution in [0.15, 0.2) is 54.2 Å². The Morgan fingerprint density at radius 3 is 2.43 bits per heavy atom. The molecule has 2 unspecified atom stereocenters. The Balaban J connectivity index is 2.11. The third kappa shape index (κ3) is 12.2. The van der Waals surface area contributed by atoms with Crippen molar-refractivity contribution in [2.75, 3.05) is 6.54 Å². The van der Waals surface area contributed by atoms with Crippen molar-refractivity contribution in [1.29, 1.82) is 0 Å². The lowest BCUT2D eigenvalue weighted by molar-refractivity contribution is -0.156. The predicted molar refractivity (Wildman–Crippen MR) is 191 cm³/mol. The zero-order chi connectivity index (χ0) is 39.4. The smallest absolute Gasteiger partial charge is 0.325 e. The van der Waals surface area contributed by atoms with Crippen LogP contribution >= 0.6 is 0 Å². The maximum absolute atomic E-state index is 14.6. The largest absolute Gasteiger partial charge is 0.508 e. The normalized spacial score (nSPS) is 29.9. The van der Waals surface area contributed by atoms with Crippen LogP contribution in [0.4, 0.5) is 4.39 Å². The first kappa shape index (κ1) is 42.7. The molecule has 1 saturated heterocycles. The van der Waals surface area contributed by atoms with E-state index in [9.17, 15) is 48.5 Å². The molecule has 2 heterocycles. The van der Waals surface area contributed by atoms with Gasteiger partial charge >= 0.3 is 5.97 Å². The third-order valence-corrected chi connectivity index (χ3v) is 9.39. The SMILES string of the molecule is CC(=O)CC[C@H]1C(=O)N[C@@H](C(C)C)C(=O)NC(c2cc(O)cc(F)c2)C(=O)N2CCCC(N2)C(=O)O[C@H](/C(C)=C/C=O)C/C=C/C=C/[C@H](O)[C@H](C)[C@H]1O. The second kappa shape index (κ2) is 19.9. The highest BCUT2D eigenvalue weighted by Gasteiger charge is 2.39. The van der Waals surface area contributed by atoms with Gasteiger partial charge in [0.25, 0.3) is 5.91 Å². The zero-order valence-electron chi connectivity index (χ0n) is 30.7. The zero-order valence-corrected chi connectivity index (χ0v) is 30.7. The van der Waals surface area contributed by atoms with Crippen LogP contribution in [0.3, 0.4) is 0 Å². The number of allylic oxidation sites excluding steroid dienone is 3. The number of rotatable bonds is 7. The highest BCUT2D eigenvalue weighted by Crippen LogP contribution is 2.26. The third-order valence-electron chi connectivity index (χ3n) is 9.39. The molecule has 3 rings (SSSR count). The van der Waals surface area contributed by atoms with E-state index in [2.05, 4.69) is 16.1 Å². The average Bonchev–Trinajstić information content (AvgIpc) is 3.10. The molecule has 0 spiro atoms. The summed E-state index contributed by atoms with van der Waals surface area (Å²) in [6, 6.07) is -1.05. The van der Waals surface area contributed by atoms with Crippen LogP contribution in [0.2, 0.25) is 0 Å². The van der Waals surface area contributed by atoms with Crippen LogP contribution in [0.25, 0.3) is 0 Å².